The summed E-state index contributed by atoms with van der Waals surface area (Å²) in [7, 11) is 0. The summed E-state index contributed by atoms with van der Waals surface area (Å²) >= 11 is 7.11. The van der Waals surface area contributed by atoms with Gasteiger partial charge in [-0.1, -0.05) is 11.6 Å². The van der Waals surface area contributed by atoms with Gasteiger partial charge in [0.25, 0.3) is 11.5 Å². The number of hydrazine groups is 1. The van der Waals surface area contributed by atoms with E-state index in [-0.39, 0.29) is 23.4 Å². The third-order valence-corrected chi connectivity index (χ3v) is 5.32. The molecule has 3 N–H and O–H groups in total. The molecule has 2 aromatic carbocycles. The normalized spacial score (nSPS) is 10.7. The van der Waals surface area contributed by atoms with E-state index in [9.17, 15) is 19.2 Å². The summed E-state index contributed by atoms with van der Waals surface area (Å²) in [6.07, 6.45) is 0. The molecule has 29 heavy (non-hydrogen) atoms. The van der Waals surface area contributed by atoms with Crippen LogP contribution in [0.15, 0.2) is 56.9 Å². The fraction of sp³-hybridized carbons (Fsp3) is 0.158. The van der Waals surface area contributed by atoms with E-state index in [1.165, 1.54) is 30.0 Å². The van der Waals surface area contributed by atoms with Gasteiger partial charge in [-0.05, 0) is 49.4 Å². The summed E-state index contributed by atoms with van der Waals surface area (Å²) in [5, 5.41) is 0.905. The van der Waals surface area contributed by atoms with Crippen LogP contribution >= 0.6 is 23.4 Å². The van der Waals surface area contributed by atoms with Crippen LogP contribution in [-0.4, -0.2) is 27.1 Å². The van der Waals surface area contributed by atoms with Crippen molar-refractivity contribution in [3.8, 4) is 0 Å². The van der Waals surface area contributed by atoms with Crippen molar-refractivity contribution in [2.45, 2.75) is 18.4 Å². The molecule has 0 saturated heterocycles. The quantitative estimate of drug-likeness (QED) is 0.421. The molecular weight excluding hydrogens is 416 g/mol. The number of hydrogen-bond donors (Lipinski definition) is 3. The van der Waals surface area contributed by atoms with Gasteiger partial charge in [-0.15, -0.1) is 11.8 Å². The van der Waals surface area contributed by atoms with Gasteiger partial charge in [0.1, 0.15) is 0 Å². The van der Waals surface area contributed by atoms with E-state index in [0.29, 0.717) is 10.4 Å². The molecule has 3 rings (SSSR count). The summed E-state index contributed by atoms with van der Waals surface area (Å²) in [5.74, 6) is -0.862. The van der Waals surface area contributed by atoms with Crippen LogP contribution in [0.1, 0.15) is 17.3 Å². The Morgan fingerprint density at radius 2 is 1.83 bits per heavy atom. The van der Waals surface area contributed by atoms with Crippen molar-refractivity contribution in [2.24, 2.45) is 0 Å². The van der Waals surface area contributed by atoms with Crippen molar-refractivity contribution in [3.63, 3.8) is 0 Å². The molecule has 0 aliphatic carbocycles. The van der Waals surface area contributed by atoms with Gasteiger partial charge >= 0.3 is 5.69 Å². The number of rotatable bonds is 5. The summed E-state index contributed by atoms with van der Waals surface area (Å²) in [6.45, 7) is 1.94. The second kappa shape index (κ2) is 8.97. The first kappa shape index (κ1) is 20.7. The Kier molecular flexibility index (Phi) is 6.40. The molecule has 0 bridgehead atoms. The first-order chi connectivity index (χ1) is 13.9. The number of nitrogens with one attached hydrogen (secondary N) is 3. The third-order valence-electron chi connectivity index (χ3n) is 4.06. The van der Waals surface area contributed by atoms with E-state index in [0.717, 1.165) is 9.46 Å². The topological polar surface area (TPSA) is 113 Å². The zero-order valence-electron chi connectivity index (χ0n) is 15.3. The molecule has 8 nitrogen and oxygen atoms in total. The van der Waals surface area contributed by atoms with Gasteiger partial charge in [-0.25, -0.2) is 4.79 Å². The van der Waals surface area contributed by atoms with Crippen LogP contribution in [0.2, 0.25) is 5.02 Å². The molecule has 0 atom stereocenters. The second-order valence-corrected chi connectivity index (χ2v) is 7.47. The molecule has 0 fully saturated rings. The van der Waals surface area contributed by atoms with Crippen LogP contribution in [0.3, 0.4) is 0 Å². The van der Waals surface area contributed by atoms with Crippen LogP contribution in [0.25, 0.3) is 10.9 Å². The highest BCUT2D eigenvalue weighted by atomic mass is 35.5. The number of nitrogens with zero attached hydrogens (tertiary/aromatic N) is 1. The van der Waals surface area contributed by atoms with Crippen LogP contribution < -0.4 is 22.1 Å². The fourth-order valence-corrected chi connectivity index (χ4v) is 3.42. The molecule has 0 unspecified atom stereocenters. The van der Waals surface area contributed by atoms with Crippen LogP contribution in [0, 0.1) is 0 Å². The highest BCUT2D eigenvalue weighted by molar-refractivity contribution is 8.00. The zero-order chi connectivity index (χ0) is 21.0. The maximum atomic E-state index is 12.3. The first-order valence-corrected chi connectivity index (χ1v) is 10.00. The van der Waals surface area contributed by atoms with Gasteiger partial charge < -0.3 is 4.98 Å². The van der Waals surface area contributed by atoms with E-state index in [4.69, 9.17) is 11.6 Å². The molecule has 3 aromatic rings. The summed E-state index contributed by atoms with van der Waals surface area (Å²) in [6, 6.07) is 11.3. The van der Waals surface area contributed by atoms with Crippen molar-refractivity contribution in [1.29, 1.82) is 0 Å². The Labute approximate surface area is 174 Å². The number of H-pyrrole nitrogens is 1. The van der Waals surface area contributed by atoms with Crippen LogP contribution in [0.5, 0.6) is 0 Å². The molecule has 0 aliphatic rings. The van der Waals surface area contributed by atoms with Crippen molar-refractivity contribution >= 4 is 46.1 Å². The SMILES string of the molecule is CCn1c(=O)[nH]c2cc(C(=O)NNC(=O)CSc3ccc(Cl)cc3)ccc2c1=O. The van der Waals surface area contributed by atoms with Crippen LogP contribution in [0.4, 0.5) is 0 Å². The number of carbonyl (C=O) groups is 2. The zero-order valence-corrected chi connectivity index (χ0v) is 16.9. The van der Waals surface area contributed by atoms with Crippen molar-refractivity contribution in [3.05, 3.63) is 73.9 Å². The minimum atomic E-state index is -0.572. The third kappa shape index (κ3) is 4.87. The Balaban J connectivity index is 1.63. The predicted molar refractivity (Wildman–Crippen MR) is 112 cm³/mol. The number of aromatic nitrogens is 2. The number of hydrogen-bond acceptors (Lipinski definition) is 5. The highest BCUT2D eigenvalue weighted by Gasteiger charge is 2.12. The molecule has 150 valence electrons. The molecule has 0 radical (unpaired) electrons. The lowest BCUT2D eigenvalue weighted by atomic mass is 10.1. The molecule has 1 aromatic heterocycles. The number of benzene rings is 2. The van der Waals surface area contributed by atoms with E-state index in [2.05, 4.69) is 15.8 Å². The average Bonchev–Trinajstić information content (AvgIpc) is 2.71. The predicted octanol–water partition coefficient (Wildman–Crippen LogP) is 1.92. The monoisotopic (exact) mass is 432 g/mol. The maximum absolute atomic E-state index is 12.3. The standard InChI is InChI=1S/C19H17ClN4O4S/c1-2-24-18(27)14-8-3-11(9-15(14)21-19(24)28)17(26)23-22-16(25)10-29-13-6-4-12(20)5-7-13/h3-9H,2,10H2,1H3,(H,21,28)(H,22,25)(H,23,26). The molecule has 2 amide bonds. The molecule has 0 aliphatic heterocycles. The molecule has 1 heterocycles. The smallest absolute Gasteiger partial charge is 0.307 e. The lowest BCUT2D eigenvalue weighted by Crippen LogP contribution is -2.42. The van der Waals surface area contributed by atoms with Gasteiger partial charge in [0.15, 0.2) is 0 Å². The Morgan fingerprint density at radius 1 is 1.10 bits per heavy atom. The molecular formula is C19H17ClN4O4S. The van der Waals surface area contributed by atoms with Gasteiger partial charge in [-0.2, -0.15) is 0 Å². The lowest BCUT2D eigenvalue weighted by Gasteiger charge is -2.09. The summed E-state index contributed by atoms with van der Waals surface area (Å²) < 4.78 is 1.07. The molecule has 10 heteroatoms. The van der Waals surface area contributed by atoms with Gasteiger partial charge in [0, 0.05) is 22.0 Å². The largest absolute Gasteiger partial charge is 0.328 e. The first-order valence-electron chi connectivity index (χ1n) is 8.63. The minimum absolute atomic E-state index is 0.101. The number of thioether (sulfide) groups is 1. The van der Waals surface area contributed by atoms with Gasteiger partial charge in [-0.3, -0.25) is 29.8 Å². The molecule has 0 saturated carbocycles. The Hall–Kier alpha value is -3.04. The maximum Gasteiger partial charge on any atom is 0.328 e. The average molecular weight is 433 g/mol. The van der Waals surface area contributed by atoms with Crippen molar-refractivity contribution < 1.29 is 9.59 Å². The number of aromatic amines is 1. The summed E-state index contributed by atoms with van der Waals surface area (Å²) in [5.41, 5.74) is 4.11. The van der Waals surface area contributed by atoms with Crippen molar-refractivity contribution in [2.75, 3.05) is 5.75 Å². The number of fused-ring (bicyclic) bond motifs is 1. The van der Waals surface area contributed by atoms with Crippen LogP contribution in [-0.2, 0) is 11.3 Å². The Bertz CT molecular complexity index is 1190. The highest BCUT2D eigenvalue weighted by Crippen LogP contribution is 2.19. The fourth-order valence-electron chi connectivity index (χ4n) is 2.60. The number of amides is 2. The van der Waals surface area contributed by atoms with E-state index >= 15 is 0 Å². The van der Waals surface area contributed by atoms with E-state index in [1.807, 2.05) is 0 Å². The molecule has 0 spiro atoms. The summed E-state index contributed by atoms with van der Waals surface area (Å²) in [4.78, 5) is 51.8. The minimum Gasteiger partial charge on any atom is -0.307 e. The van der Waals surface area contributed by atoms with E-state index in [1.54, 1.807) is 31.2 Å². The van der Waals surface area contributed by atoms with Gasteiger partial charge in [0.2, 0.25) is 5.91 Å². The second-order valence-electron chi connectivity index (χ2n) is 5.98. The number of carbonyl (C=O) groups excluding carboxylic acids is 2. The van der Waals surface area contributed by atoms with Crippen molar-refractivity contribution in [1.82, 2.24) is 20.4 Å². The van der Waals surface area contributed by atoms with E-state index < -0.39 is 23.1 Å². The Morgan fingerprint density at radius 3 is 2.52 bits per heavy atom. The number of halogens is 1. The lowest BCUT2D eigenvalue weighted by molar-refractivity contribution is -0.119. The van der Waals surface area contributed by atoms with Gasteiger partial charge in [0.05, 0.1) is 16.7 Å².